The number of nitriles is 1. The van der Waals surface area contributed by atoms with Gasteiger partial charge in [-0.25, -0.2) is 0 Å². The second-order valence-electron chi connectivity index (χ2n) is 4.50. The molecule has 1 heterocycles. The Bertz CT molecular complexity index is 390. The Kier molecular flexibility index (Phi) is 1.35. The SMILES string of the molecule is CC1=CCC2CCOC23C=CC13C#N. The third-order valence-corrected chi connectivity index (χ3v) is 4.12. The van der Waals surface area contributed by atoms with E-state index in [4.69, 9.17) is 4.74 Å². The molecule has 2 nitrogen and oxygen atoms in total. The molecule has 0 radical (unpaired) electrons. The standard InChI is InChI=1S/C12H13NO/c1-9-2-3-10-4-7-14-12(10)6-5-11(9,12)8-13/h2,5-6,10H,3-4,7H2,1H3. The van der Waals surface area contributed by atoms with Crippen LogP contribution in [-0.4, -0.2) is 12.2 Å². The van der Waals surface area contributed by atoms with Gasteiger partial charge in [-0.2, -0.15) is 5.26 Å². The lowest BCUT2D eigenvalue weighted by atomic mass is 9.53. The summed E-state index contributed by atoms with van der Waals surface area (Å²) in [4.78, 5) is 0. The number of allylic oxidation sites excluding steroid dienone is 1. The van der Waals surface area contributed by atoms with Crippen LogP contribution in [0.15, 0.2) is 23.8 Å². The molecule has 3 rings (SSSR count). The molecular weight excluding hydrogens is 174 g/mol. The molecule has 2 heteroatoms. The molecule has 72 valence electrons. The van der Waals surface area contributed by atoms with E-state index in [9.17, 15) is 5.26 Å². The van der Waals surface area contributed by atoms with Gasteiger partial charge in [0.05, 0.1) is 6.07 Å². The number of hydrogen-bond donors (Lipinski definition) is 0. The average Bonchev–Trinajstić information content (AvgIpc) is 2.59. The Morgan fingerprint density at radius 2 is 2.43 bits per heavy atom. The van der Waals surface area contributed by atoms with E-state index < -0.39 is 5.41 Å². The highest BCUT2D eigenvalue weighted by atomic mass is 16.5. The molecule has 0 saturated carbocycles. The molecule has 3 aliphatic rings. The van der Waals surface area contributed by atoms with Crippen molar-refractivity contribution in [2.24, 2.45) is 11.3 Å². The molecule has 1 saturated heterocycles. The molecule has 0 N–H and O–H groups in total. The van der Waals surface area contributed by atoms with Crippen molar-refractivity contribution in [3.05, 3.63) is 23.8 Å². The topological polar surface area (TPSA) is 33.0 Å². The molecule has 2 aliphatic carbocycles. The molecule has 0 aromatic carbocycles. The highest BCUT2D eigenvalue weighted by Crippen LogP contribution is 2.60. The Labute approximate surface area is 83.9 Å². The summed E-state index contributed by atoms with van der Waals surface area (Å²) in [7, 11) is 0. The van der Waals surface area contributed by atoms with Gasteiger partial charge in [0.15, 0.2) is 0 Å². The van der Waals surface area contributed by atoms with Crippen molar-refractivity contribution in [2.75, 3.05) is 6.61 Å². The molecular formula is C12H13NO. The largest absolute Gasteiger partial charge is 0.368 e. The van der Waals surface area contributed by atoms with Crippen molar-refractivity contribution >= 4 is 0 Å². The van der Waals surface area contributed by atoms with Crippen LogP contribution in [-0.2, 0) is 4.74 Å². The van der Waals surface area contributed by atoms with Crippen molar-refractivity contribution in [2.45, 2.75) is 25.4 Å². The summed E-state index contributed by atoms with van der Waals surface area (Å²) >= 11 is 0. The molecule has 0 aromatic rings. The zero-order chi connectivity index (χ0) is 9.81. The van der Waals surface area contributed by atoms with Crippen LogP contribution in [0.25, 0.3) is 0 Å². The van der Waals surface area contributed by atoms with Gasteiger partial charge in [-0.3, -0.25) is 0 Å². The smallest absolute Gasteiger partial charge is 0.129 e. The van der Waals surface area contributed by atoms with E-state index in [1.165, 1.54) is 5.57 Å². The third-order valence-electron chi connectivity index (χ3n) is 4.12. The Morgan fingerprint density at radius 1 is 1.57 bits per heavy atom. The van der Waals surface area contributed by atoms with Crippen molar-refractivity contribution in [3.63, 3.8) is 0 Å². The highest BCUT2D eigenvalue weighted by molar-refractivity contribution is 5.50. The van der Waals surface area contributed by atoms with Crippen LogP contribution in [0.3, 0.4) is 0 Å². The lowest BCUT2D eigenvalue weighted by Crippen LogP contribution is -2.57. The molecule has 0 aromatic heterocycles. The van der Waals surface area contributed by atoms with Gasteiger partial charge in [0.2, 0.25) is 0 Å². The fraction of sp³-hybridized carbons (Fsp3) is 0.583. The maximum Gasteiger partial charge on any atom is 0.129 e. The first-order chi connectivity index (χ1) is 6.75. The minimum absolute atomic E-state index is 0.263. The first kappa shape index (κ1) is 8.26. The minimum atomic E-state index is -0.438. The summed E-state index contributed by atoms with van der Waals surface area (Å²) in [5, 5.41) is 9.36. The van der Waals surface area contributed by atoms with E-state index in [1.54, 1.807) is 0 Å². The van der Waals surface area contributed by atoms with Gasteiger partial charge in [0.1, 0.15) is 11.0 Å². The Balaban J connectivity index is 2.19. The second kappa shape index (κ2) is 2.29. The molecule has 1 fully saturated rings. The van der Waals surface area contributed by atoms with Crippen LogP contribution in [0.5, 0.6) is 0 Å². The molecule has 14 heavy (non-hydrogen) atoms. The van der Waals surface area contributed by atoms with Gasteiger partial charge >= 0.3 is 0 Å². The minimum Gasteiger partial charge on any atom is -0.368 e. The second-order valence-corrected chi connectivity index (χ2v) is 4.50. The number of rotatable bonds is 0. The van der Waals surface area contributed by atoms with E-state index in [0.29, 0.717) is 5.92 Å². The quantitative estimate of drug-likeness (QED) is 0.544. The van der Waals surface area contributed by atoms with Crippen LogP contribution < -0.4 is 0 Å². The third kappa shape index (κ3) is 0.613. The van der Waals surface area contributed by atoms with Crippen molar-refractivity contribution < 1.29 is 4.74 Å². The van der Waals surface area contributed by atoms with Gasteiger partial charge < -0.3 is 4.74 Å². The van der Waals surface area contributed by atoms with E-state index in [2.05, 4.69) is 18.2 Å². The summed E-state index contributed by atoms with van der Waals surface area (Å²) in [6.07, 6.45) is 8.49. The van der Waals surface area contributed by atoms with Gasteiger partial charge in [0, 0.05) is 6.61 Å². The van der Waals surface area contributed by atoms with Gasteiger partial charge in [0.25, 0.3) is 0 Å². The number of hydrogen-bond acceptors (Lipinski definition) is 2. The van der Waals surface area contributed by atoms with Crippen LogP contribution in [0.1, 0.15) is 19.8 Å². The molecule has 0 amide bonds. The average molecular weight is 187 g/mol. The summed E-state index contributed by atoms with van der Waals surface area (Å²) in [6, 6.07) is 2.45. The zero-order valence-electron chi connectivity index (χ0n) is 8.29. The van der Waals surface area contributed by atoms with Crippen LogP contribution in [0.2, 0.25) is 0 Å². The lowest BCUT2D eigenvalue weighted by molar-refractivity contribution is -0.0512. The first-order valence-corrected chi connectivity index (χ1v) is 5.18. The maximum absolute atomic E-state index is 9.36. The lowest BCUT2D eigenvalue weighted by Gasteiger charge is -2.52. The monoisotopic (exact) mass is 187 g/mol. The normalized spacial score (nSPS) is 48.6. The number of ether oxygens (including phenoxy) is 1. The predicted octanol–water partition coefficient (Wildman–Crippen LogP) is 2.19. The summed E-state index contributed by atoms with van der Waals surface area (Å²) in [5.74, 6) is 0.524. The predicted molar refractivity (Wildman–Crippen MR) is 52.4 cm³/mol. The van der Waals surface area contributed by atoms with E-state index >= 15 is 0 Å². The van der Waals surface area contributed by atoms with Crippen LogP contribution in [0, 0.1) is 22.7 Å². The zero-order valence-corrected chi connectivity index (χ0v) is 8.29. The molecule has 0 bridgehead atoms. The van der Waals surface area contributed by atoms with Gasteiger partial charge in [-0.1, -0.05) is 23.8 Å². The first-order valence-electron chi connectivity index (χ1n) is 5.18. The van der Waals surface area contributed by atoms with Crippen molar-refractivity contribution in [1.29, 1.82) is 5.26 Å². The molecule has 3 unspecified atom stereocenters. The van der Waals surface area contributed by atoms with E-state index in [-0.39, 0.29) is 5.60 Å². The van der Waals surface area contributed by atoms with Crippen LogP contribution >= 0.6 is 0 Å². The van der Waals surface area contributed by atoms with E-state index in [1.807, 2.05) is 13.0 Å². The van der Waals surface area contributed by atoms with Gasteiger partial charge in [-0.15, -0.1) is 0 Å². The molecule has 1 spiro atoms. The van der Waals surface area contributed by atoms with Crippen molar-refractivity contribution in [1.82, 2.24) is 0 Å². The van der Waals surface area contributed by atoms with Crippen molar-refractivity contribution in [3.8, 4) is 6.07 Å². The fourth-order valence-electron chi connectivity index (χ4n) is 3.16. The molecule has 1 aliphatic heterocycles. The maximum atomic E-state index is 9.36. The van der Waals surface area contributed by atoms with E-state index in [0.717, 1.165) is 19.4 Å². The Morgan fingerprint density at radius 3 is 3.07 bits per heavy atom. The summed E-state index contributed by atoms with van der Waals surface area (Å²) in [6.45, 7) is 2.85. The number of nitrogens with zero attached hydrogens (tertiary/aromatic N) is 1. The Hall–Kier alpha value is -1.07. The highest BCUT2D eigenvalue weighted by Gasteiger charge is 2.64. The molecule has 3 atom stereocenters. The van der Waals surface area contributed by atoms with Crippen LogP contribution in [0.4, 0.5) is 0 Å². The summed E-state index contributed by atoms with van der Waals surface area (Å²) in [5.41, 5.74) is 0.466. The summed E-state index contributed by atoms with van der Waals surface area (Å²) < 4.78 is 5.86. The van der Waals surface area contributed by atoms with Gasteiger partial charge in [-0.05, 0) is 25.7 Å². The fourth-order valence-corrected chi connectivity index (χ4v) is 3.16.